The highest BCUT2D eigenvalue weighted by Crippen LogP contribution is 2.21. The van der Waals surface area contributed by atoms with Crippen LogP contribution in [0, 0.1) is 0 Å². The number of urea groups is 1. The first-order chi connectivity index (χ1) is 13.7. The summed E-state index contributed by atoms with van der Waals surface area (Å²) < 4.78 is 5.20. The molecule has 0 saturated carbocycles. The Morgan fingerprint density at radius 2 is 2.00 bits per heavy atom. The van der Waals surface area contributed by atoms with Crippen LogP contribution in [0.2, 0.25) is 0 Å². The number of nitrogens with zero attached hydrogens (tertiary/aromatic N) is 3. The number of anilines is 1. The second-order valence-electron chi connectivity index (χ2n) is 7.21. The SMILES string of the molecule is COc1ccc(C(C)CCNC(=O)N2CCC(Nc3cccnn3)CC2)cc1. The molecule has 2 aromatic rings. The van der Waals surface area contributed by atoms with Crippen molar-refractivity contribution < 1.29 is 9.53 Å². The van der Waals surface area contributed by atoms with E-state index < -0.39 is 0 Å². The van der Waals surface area contributed by atoms with Gasteiger partial charge in [-0.15, -0.1) is 5.10 Å². The number of likely N-dealkylation sites (tertiary alicyclic amines) is 1. The van der Waals surface area contributed by atoms with Crippen LogP contribution in [0.25, 0.3) is 0 Å². The highest BCUT2D eigenvalue weighted by atomic mass is 16.5. The number of hydrogen-bond acceptors (Lipinski definition) is 5. The Morgan fingerprint density at radius 1 is 1.25 bits per heavy atom. The van der Waals surface area contributed by atoms with Crippen LogP contribution in [0.5, 0.6) is 5.75 Å². The zero-order chi connectivity index (χ0) is 19.8. The summed E-state index contributed by atoms with van der Waals surface area (Å²) in [6.45, 7) is 4.34. The van der Waals surface area contributed by atoms with Crippen LogP contribution in [0.15, 0.2) is 42.6 Å². The molecule has 0 spiro atoms. The second kappa shape index (κ2) is 9.92. The highest BCUT2D eigenvalue weighted by Gasteiger charge is 2.22. The molecule has 0 bridgehead atoms. The van der Waals surface area contributed by atoms with Gasteiger partial charge in [0.25, 0.3) is 0 Å². The predicted molar refractivity (Wildman–Crippen MR) is 110 cm³/mol. The average molecular weight is 383 g/mol. The number of nitrogens with one attached hydrogen (secondary N) is 2. The zero-order valence-corrected chi connectivity index (χ0v) is 16.6. The molecule has 1 aliphatic heterocycles. The molecular weight excluding hydrogens is 354 g/mol. The lowest BCUT2D eigenvalue weighted by molar-refractivity contribution is 0.183. The number of aromatic nitrogens is 2. The van der Waals surface area contributed by atoms with Crippen LogP contribution in [0.3, 0.4) is 0 Å². The van der Waals surface area contributed by atoms with Gasteiger partial charge in [-0.1, -0.05) is 19.1 Å². The molecule has 1 atom stereocenters. The minimum Gasteiger partial charge on any atom is -0.497 e. The Hall–Kier alpha value is -2.83. The minimum absolute atomic E-state index is 0.0277. The normalized spacial score (nSPS) is 15.7. The maximum atomic E-state index is 12.4. The molecule has 1 aromatic carbocycles. The van der Waals surface area contributed by atoms with Gasteiger partial charge in [0.05, 0.1) is 7.11 Å². The summed E-state index contributed by atoms with van der Waals surface area (Å²) in [6, 6.07) is 12.3. The van der Waals surface area contributed by atoms with Crippen molar-refractivity contribution in [3.8, 4) is 5.75 Å². The number of methoxy groups -OCH3 is 1. The number of carbonyl (C=O) groups excluding carboxylic acids is 1. The summed E-state index contributed by atoms with van der Waals surface area (Å²) >= 11 is 0. The number of amides is 2. The first kappa shape index (κ1) is 19.9. The molecule has 1 fully saturated rings. The molecule has 0 radical (unpaired) electrons. The predicted octanol–water partition coefficient (Wildman–Crippen LogP) is 3.26. The van der Waals surface area contributed by atoms with E-state index in [1.807, 2.05) is 29.2 Å². The van der Waals surface area contributed by atoms with E-state index in [0.717, 1.165) is 43.9 Å². The average Bonchev–Trinajstić information content (AvgIpc) is 2.75. The van der Waals surface area contributed by atoms with Crippen molar-refractivity contribution in [3.05, 3.63) is 48.2 Å². The third-order valence-corrected chi connectivity index (χ3v) is 5.24. The zero-order valence-electron chi connectivity index (χ0n) is 16.6. The van der Waals surface area contributed by atoms with Crippen LogP contribution in [-0.2, 0) is 0 Å². The van der Waals surface area contributed by atoms with Crippen LogP contribution in [0.4, 0.5) is 10.6 Å². The van der Waals surface area contributed by atoms with Crippen molar-refractivity contribution in [2.45, 2.75) is 38.1 Å². The molecule has 2 heterocycles. The number of benzene rings is 1. The fourth-order valence-corrected chi connectivity index (χ4v) is 3.42. The molecule has 7 nitrogen and oxygen atoms in total. The van der Waals surface area contributed by atoms with E-state index in [4.69, 9.17) is 4.74 Å². The molecule has 0 aliphatic carbocycles. The Morgan fingerprint density at radius 3 is 2.64 bits per heavy atom. The van der Waals surface area contributed by atoms with E-state index in [2.05, 4.69) is 39.9 Å². The quantitative estimate of drug-likeness (QED) is 0.767. The van der Waals surface area contributed by atoms with Crippen molar-refractivity contribution in [2.24, 2.45) is 0 Å². The number of hydrogen-bond donors (Lipinski definition) is 2. The number of rotatable bonds is 7. The molecular formula is C21H29N5O2. The van der Waals surface area contributed by atoms with Crippen molar-refractivity contribution in [2.75, 3.05) is 32.1 Å². The van der Waals surface area contributed by atoms with Gasteiger partial charge in [0.15, 0.2) is 0 Å². The van der Waals surface area contributed by atoms with Crippen molar-refractivity contribution >= 4 is 11.8 Å². The first-order valence-corrected chi connectivity index (χ1v) is 9.86. The lowest BCUT2D eigenvalue weighted by Gasteiger charge is -2.32. The van der Waals surface area contributed by atoms with Crippen molar-refractivity contribution in [1.82, 2.24) is 20.4 Å². The third kappa shape index (κ3) is 5.58. The Kier molecular flexibility index (Phi) is 7.06. The molecule has 28 heavy (non-hydrogen) atoms. The number of ether oxygens (including phenoxy) is 1. The summed E-state index contributed by atoms with van der Waals surface area (Å²) in [5, 5.41) is 14.4. The van der Waals surface area contributed by atoms with Gasteiger partial charge < -0.3 is 20.3 Å². The van der Waals surface area contributed by atoms with Crippen molar-refractivity contribution in [1.29, 1.82) is 0 Å². The Labute approximate surface area is 166 Å². The molecule has 1 aliphatic rings. The smallest absolute Gasteiger partial charge is 0.317 e. The van der Waals surface area contributed by atoms with Gasteiger partial charge in [-0.25, -0.2) is 4.79 Å². The maximum Gasteiger partial charge on any atom is 0.317 e. The topological polar surface area (TPSA) is 79.4 Å². The standard InChI is InChI=1S/C21H29N5O2/c1-16(17-5-7-19(28-2)8-6-17)9-13-22-21(27)26-14-10-18(11-15-26)24-20-4-3-12-23-25-20/h3-8,12,16,18H,9-11,13-15H2,1-2H3,(H,22,27)(H,24,25). The highest BCUT2D eigenvalue weighted by molar-refractivity contribution is 5.74. The van der Waals surface area contributed by atoms with Gasteiger partial charge in [0, 0.05) is 31.9 Å². The van der Waals surface area contributed by atoms with E-state index in [1.165, 1.54) is 5.56 Å². The van der Waals surface area contributed by atoms with Gasteiger partial charge in [0.1, 0.15) is 11.6 Å². The second-order valence-corrected chi connectivity index (χ2v) is 7.21. The van der Waals surface area contributed by atoms with E-state index in [9.17, 15) is 4.79 Å². The molecule has 7 heteroatoms. The molecule has 1 unspecified atom stereocenters. The van der Waals surface area contributed by atoms with Crippen LogP contribution >= 0.6 is 0 Å². The number of piperidine rings is 1. The summed E-state index contributed by atoms with van der Waals surface area (Å²) in [6.07, 6.45) is 4.38. The third-order valence-electron chi connectivity index (χ3n) is 5.24. The van der Waals surface area contributed by atoms with Gasteiger partial charge in [-0.2, -0.15) is 5.10 Å². The Balaban J connectivity index is 1.36. The summed E-state index contributed by atoms with van der Waals surface area (Å²) in [7, 11) is 1.67. The van der Waals surface area contributed by atoms with Crippen molar-refractivity contribution in [3.63, 3.8) is 0 Å². The van der Waals surface area contributed by atoms with E-state index in [-0.39, 0.29) is 6.03 Å². The van der Waals surface area contributed by atoms with Crippen LogP contribution in [0.1, 0.15) is 37.7 Å². The maximum absolute atomic E-state index is 12.4. The monoisotopic (exact) mass is 383 g/mol. The largest absolute Gasteiger partial charge is 0.497 e. The summed E-state index contributed by atoms with van der Waals surface area (Å²) in [5.74, 6) is 2.03. The van der Waals surface area contributed by atoms with Crippen LogP contribution in [-0.4, -0.2) is 53.9 Å². The van der Waals surface area contributed by atoms with Gasteiger partial charge in [0.2, 0.25) is 0 Å². The molecule has 1 aromatic heterocycles. The van der Waals surface area contributed by atoms with E-state index >= 15 is 0 Å². The molecule has 2 amide bonds. The van der Waals surface area contributed by atoms with Gasteiger partial charge in [-0.3, -0.25) is 0 Å². The van der Waals surface area contributed by atoms with Gasteiger partial charge >= 0.3 is 6.03 Å². The van der Waals surface area contributed by atoms with Gasteiger partial charge in [-0.05, 0) is 55.0 Å². The van der Waals surface area contributed by atoms with E-state index in [0.29, 0.717) is 18.5 Å². The Bertz CT molecular complexity index is 730. The molecule has 3 rings (SSSR count). The lowest BCUT2D eigenvalue weighted by Crippen LogP contribution is -2.47. The lowest BCUT2D eigenvalue weighted by atomic mass is 9.98. The molecule has 2 N–H and O–H groups in total. The summed E-state index contributed by atoms with van der Waals surface area (Å²) in [5.41, 5.74) is 1.26. The first-order valence-electron chi connectivity index (χ1n) is 9.86. The fraction of sp³-hybridized carbons (Fsp3) is 0.476. The fourth-order valence-electron chi connectivity index (χ4n) is 3.42. The summed E-state index contributed by atoms with van der Waals surface area (Å²) in [4.78, 5) is 14.3. The number of carbonyl (C=O) groups is 1. The molecule has 150 valence electrons. The minimum atomic E-state index is 0.0277. The molecule has 1 saturated heterocycles. The van der Waals surface area contributed by atoms with Crippen LogP contribution < -0.4 is 15.4 Å². The van der Waals surface area contributed by atoms with E-state index in [1.54, 1.807) is 13.3 Å².